The first-order valence-electron chi connectivity index (χ1n) is 10.6. The molecule has 3 aromatic rings. The fourth-order valence-electron chi connectivity index (χ4n) is 4.37. The second-order valence-electron chi connectivity index (χ2n) is 8.14. The van der Waals surface area contributed by atoms with E-state index >= 15 is 0 Å². The molecular formula is C24H30ClN3O. The first-order valence-corrected chi connectivity index (χ1v) is 11.0. The molecule has 4 rings (SSSR count). The minimum absolute atomic E-state index is 0.457. The number of ether oxygens (including phenoxy) is 1. The van der Waals surface area contributed by atoms with E-state index < -0.39 is 0 Å². The Morgan fingerprint density at radius 1 is 1.14 bits per heavy atom. The van der Waals surface area contributed by atoms with Crippen LogP contribution in [0.4, 0.5) is 0 Å². The number of imidazole rings is 1. The quantitative estimate of drug-likeness (QED) is 0.489. The fourth-order valence-corrected chi connectivity index (χ4v) is 4.49. The molecule has 0 N–H and O–H groups in total. The minimum Gasteiger partial charge on any atom is -0.486 e. The van der Waals surface area contributed by atoms with E-state index in [1.54, 1.807) is 0 Å². The van der Waals surface area contributed by atoms with Gasteiger partial charge in [-0.05, 0) is 82.1 Å². The van der Waals surface area contributed by atoms with E-state index in [0.717, 1.165) is 30.1 Å². The van der Waals surface area contributed by atoms with E-state index in [1.807, 2.05) is 24.3 Å². The van der Waals surface area contributed by atoms with Crippen molar-refractivity contribution in [2.24, 2.45) is 0 Å². The number of rotatable bonds is 7. The van der Waals surface area contributed by atoms with Crippen molar-refractivity contribution in [2.45, 2.75) is 58.2 Å². The van der Waals surface area contributed by atoms with Gasteiger partial charge in [0.1, 0.15) is 18.2 Å². The molecule has 1 aliphatic heterocycles. The van der Waals surface area contributed by atoms with Gasteiger partial charge in [0.15, 0.2) is 0 Å². The van der Waals surface area contributed by atoms with Crippen LogP contribution in [0.2, 0.25) is 5.02 Å². The third kappa shape index (κ3) is 4.76. The van der Waals surface area contributed by atoms with Crippen LogP contribution in [0.1, 0.15) is 43.5 Å². The number of aryl methyl sites for hydroxylation is 2. The first kappa shape index (κ1) is 20.2. The smallest absolute Gasteiger partial charge is 0.148 e. The van der Waals surface area contributed by atoms with Crippen LogP contribution in [0.5, 0.6) is 5.75 Å². The molecule has 4 nitrogen and oxygen atoms in total. The highest BCUT2D eigenvalue weighted by Crippen LogP contribution is 2.24. The number of fused-ring (bicyclic) bond motifs is 1. The number of hydrogen-bond donors (Lipinski definition) is 0. The predicted octanol–water partition coefficient (Wildman–Crippen LogP) is 5.84. The fraction of sp³-hybridized carbons (Fsp3) is 0.458. The number of aromatic nitrogens is 2. The van der Waals surface area contributed by atoms with E-state index in [0.29, 0.717) is 17.7 Å². The third-order valence-corrected chi connectivity index (χ3v) is 6.33. The van der Waals surface area contributed by atoms with Crippen LogP contribution in [-0.4, -0.2) is 34.1 Å². The molecular weight excluding hydrogens is 382 g/mol. The van der Waals surface area contributed by atoms with Gasteiger partial charge < -0.3 is 14.2 Å². The third-order valence-electron chi connectivity index (χ3n) is 6.08. The van der Waals surface area contributed by atoms with E-state index in [2.05, 4.69) is 41.6 Å². The van der Waals surface area contributed by atoms with Gasteiger partial charge in [0.2, 0.25) is 0 Å². The molecule has 154 valence electrons. The second kappa shape index (κ2) is 9.19. The Balaban J connectivity index is 1.50. The summed E-state index contributed by atoms with van der Waals surface area (Å²) in [7, 11) is 2.27. The summed E-state index contributed by atoms with van der Waals surface area (Å²) in [5.41, 5.74) is 3.50. The Morgan fingerprint density at radius 3 is 2.76 bits per heavy atom. The van der Waals surface area contributed by atoms with Crippen LogP contribution in [-0.2, 0) is 13.2 Å². The molecule has 1 fully saturated rings. The lowest BCUT2D eigenvalue weighted by Crippen LogP contribution is -2.36. The predicted molar refractivity (Wildman–Crippen MR) is 120 cm³/mol. The SMILES string of the molecule is Cc1cccc2c1nc(COc1ccc(Cl)cc1)n2CCCC1CCCCN1C. The Hall–Kier alpha value is -2.04. The Labute approximate surface area is 178 Å². The average Bonchev–Trinajstić information content (AvgIpc) is 3.08. The Bertz CT molecular complexity index is 951. The lowest BCUT2D eigenvalue weighted by molar-refractivity contribution is 0.172. The van der Waals surface area contributed by atoms with Crippen molar-refractivity contribution >= 4 is 22.6 Å². The van der Waals surface area contributed by atoms with Crippen LogP contribution in [0.15, 0.2) is 42.5 Å². The molecule has 0 bridgehead atoms. The molecule has 2 aromatic carbocycles. The molecule has 1 unspecified atom stereocenters. The number of benzene rings is 2. The van der Waals surface area contributed by atoms with Crippen LogP contribution >= 0.6 is 11.6 Å². The highest BCUT2D eigenvalue weighted by atomic mass is 35.5. The van der Waals surface area contributed by atoms with E-state index in [9.17, 15) is 0 Å². The maximum absolute atomic E-state index is 6.02. The van der Waals surface area contributed by atoms with Crippen molar-refractivity contribution in [3.8, 4) is 5.75 Å². The molecule has 0 aliphatic carbocycles. The number of hydrogen-bond acceptors (Lipinski definition) is 3. The molecule has 1 aromatic heterocycles. The Morgan fingerprint density at radius 2 is 1.97 bits per heavy atom. The highest BCUT2D eigenvalue weighted by molar-refractivity contribution is 6.30. The Kier molecular flexibility index (Phi) is 6.41. The first-order chi connectivity index (χ1) is 14.1. The zero-order chi connectivity index (χ0) is 20.2. The zero-order valence-corrected chi connectivity index (χ0v) is 18.2. The van der Waals surface area contributed by atoms with E-state index in [1.165, 1.54) is 43.3 Å². The molecule has 1 atom stereocenters. The van der Waals surface area contributed by atoms with Crippen LogP contribution in [0.25, 0.3) is 11.0 Å². The maximum Gasteiger partial charge on any atom is 0.148 e. The normalized spacial score (nSPS) is 17.7. The second-order valence-corrected chi connectivity index (χ2v) is 8.57. The molecule has 0 spiro atoms. The molecule has 0 radical (unpaired) electrons. The van der Waals surface area contributed by atoms with Gasteiger partial charge in [0, 0.05) is 17.6 Å². The van der Waals surface area contributed by atoms with Gasteiger partial charge in [-0.25, -0.2) is 4.98 Å². The molecule has 0 amide bonds. The van der Waals surface area contributed by atoms with Crippen molar-refractivity contribution in [1.82, 2.24) is 14.5 Å². The van der Waals surface area contributed by atoms with Crippen molar-refractivity contribution in [3.63, 3.8) is 0 Å². The van der Waals surface area contributed by atoms with E-state index in [4.69, 9.17) is 21.3 Å². The monoisotopic (exact) mass is 411 g/mol. The molecule has 1 saturated heterocycles. The van der Waals surface area contributed by atoms with Gasteiger partial charge >= 0.3 is 0 Å². The minimum atomic E-state index is 0.457. The standard InChI is InChI=1S/C24H30ClN3O/c1-18-7-5-10-22-24(18)26-23(17-29-21-13-11-19(25)12-14-21)28(22)16-6-9-20-8-3-4-15-27(20)2/h5,7,10-14,20H,3-4,6,8-9,15-17H2,1-2H3. The summed E-state index contributed by atoms with van der Waals surface area (Å²) in [6.07, 6.45) is 6.42. The van der Waals surface area contributed by atoms with Crippen molar-refractivity contribution in [1.29, 1.82) is 0 Å². The summed E-state index contributed by atoms with van der Waals surface area (Å²) in [6, 6.07) is 14.6. The van der Waals surface area contributed by atoms with Crippen molar-refractivity contribution in [3.05, 3.63) is 58.9 Å². The van der Waals surface area contributed by atoms with Gasteiger partial charge in [0.05, 0.1) is 11.0 Å². The summed E-state index contributed by atoms with van der Waals surface area (Å²) in [5, 5.41) is 0.716. The summed E-state index contributed by atoms with van der Waals surface area (Å²) in [6.45, 7) is 4.79. The molecule has 2 heterocycles. The number of para-hydroxylation sites is 1. The van der Waals surface area contributed by atoms with Gasteiger partial charge in [-0.1, -0.05) is 30.2 Å². The van der Waals surface area contributed by atoms with Crippen molar-refractivity contribution < 1.29 is 4.74 Å². The summed E-state index contributed by atoms with van der Waals surface area (Å²) < 4.78 is 8.37. The van der Waals surface area contributed by atoms with Crippen LogP contribution in [0, 0.1) is 6.92 Å². The van der Waals surface area contributed by atoms with Crippen molar-refractivity contribution in [2.75, 3.05) is 13.6 Å². The average molecular weight is 412 g/mol. The molecule has 29 heavy (non-hydrogen) atoms. The van der Waals surface area contributed by atoms with Gasteiger partial charge in [-0.2, -0.15) is 0 Å². The topological polar surface area (TPSA) is 30.3 Å². The number of halogens is 1. The van der Waals surface area contributed by atoms with Crippen LogP contribution in [0.3, 0.4) is 0 Å². The largest absolute Gasteiger partial charge is 0.486 e. The number of likely N-dealkylation sites (tertiary alicyclic amines) is 1. The van der Waals surface area contributed by atoms with Gasteiger partial charge in [0.25, 0.3) is 0 Å². The van der Waals surface area contributed by atoms with Gasteiger partial charge in [-0.3, -0.25) is 0 Å². The van der Waals surface area contributed by atoms with Gasteiger partial charge in [-0.15, -0.1) is 0 Å². The summed E-state index contributed by atoms with van der Waals surface area (Å²) in [5.74, 6) is 1.80. The summed E-state index contributed by atoms with van der Waals surface area (Å²) in [4.78, 5) is 7.46. The lowest BCUT2D eigenvalue weighted by atomic mass is 9.99. The molecule has 0 saturated carbocycles. The molecule has 5 heteroatoms. The zero-order valence-electron chi connectivity index (χ0n) is 17.4. The maximum atomic E-state index is 6.02. The van der Waals surface area contributed by atoms with E-state index in [-0.39, 0.29) is 0 Å². The van der Waals surface area contributed by atoms with Crippen LogP contribution < -0.4 is 4.74 Å². The molecule has 1 aliphatic rings. The lowest BCUT2D eigenvalue weighted by Gasteiger charge is -2.32. The highest BCUT2D eigenvalue weighted by Gasteiger charge is 2.19. The number of piperidine rings is 1. The number of nitrogens with zero attached hydrogens (tertiary/aromatic N) is 3. The summed E-state index contributed by atoms with van der Waals surface area (Å²) >= 11 is 5.98.